The standard InChI is InChI=1S/C13H23N3O4/c1-12(2,10(18)19)13(3,4)15-11(20)16-7-5-6-8(16)9(14)17/h8H,5-7H2,1-4H3,(H2,14,17)(H,15,20)(H,18,19). The Balaban J connectivity index is 2.85. The Kier molecular flexibility index (Phi) is 4.31. The van der Waals surface area contributed by atoms with Crippen LogP contribution in [0.15, 0.2) is 0 Å². The summed E-state index contributed by atoms with van der Waals surface area (Å²) in [6.07, 6.45) is 1.26. The maximum atomic E-state index is 12.3. The molecule has 0 saturated carbocycles. The zero-order valence-corrected chi connectivity index (χ0v) is 12.4. The van der Waals surface area contributed by atoms with Crippen LogP contribution in [0.4, 0.5) is 4.79 Å². The van der Waals surface area contributed by atoms with Crippen LogP contribution in [0.3, 0.4) is 0 Å². The minimum absolute atomic E-state index is 0.447. The van der Waals surface area contributed by atoms with E-state index in [-0.39, 0.29) is 0 Å². The molecular formula is C13H23N3O4. The summed E-state index contributed by atoms with van der Waals surface area (Å²) in [5.41, 5.74) is 3.15. The lowest BCUT2D eigenvalue weighted by Gasteiger charge is -2.40. The predicted molar refractivity (Wildman–Crippen MR) is 72.9 cm³/mol. The molecule has 0 bridgehead atoms. The van der Waals surface area contributed by atoms with Gasteiger partial charge in [0.15, 0.2) is 0 Å². The Morgan fingerprint density at radius 1 is 1.25 bits per heavy atom. The van der Waals surface area contributed by atoms with Gasteiger partial charge in [0.1, 0.15) is 6.04 Å². The van der Waals surface area contributed by atoms with Gasteiger partial charge < -0.3 is 21.1 Å². The zero-order valence-electron chi connectivity index (χ0n) is 12.4. The number of carboxylic acids is 1. The van der Waals surface area contributed by atoms with Crippen molar-refractivity contribution in [1.29, 1.82) is 0 Å². The van der Waals surface area contributed by atoms with Crippen LogP contribution < -0.4 is 11.1 Å². The minimum Gasteiger partial charge on any atom is -0.481 e. The lowest BCUT2D eigenvalue weighted by Crippen LogP contribution is -2.60. The highest BCUT2D eigenvalue weighted by atomic mass is 16.4. The van der Waals surface area contributed by atoms with E-state index in [1.54, 1.807) is 27.7 Å². The van der Waals surface area contributed by atoms with Crippen LogP contribution in [0, 0.1) is 5.41 Å². The molecule has 7 nitrogen and oxygen atoms in total. The van der Waals surface area contributed by atoms with Gasteiger partial charge in [-0.15, -0.1) is 0 Å². The Morgan fingerprint density at radius 3 is 2.25 bits per heavy atom. The number of amides is 3. The van der Waals surface area contributed by atoms with Crippen molar-refractivity contribution in [1.82, 2.24) is 10.2 Å². The molecule has 7 heteroatoms. The number of nitrogens with one attached hydrogen (secondary N) is 1. The van der Waals surface area contributed by atoms with Gasteiger partial charge in [-0.05, 0) is 40.5 Å². The number of primary amides is 1. The second-order valence-corrected chi connectivity index (χ2v) is 6.24. The average Bonchev–Trinajstić information content (AvgIpc) is 2.76. The van der Waals surface area contributed by atoms with E-state index in [9.17, 15) is 19.5 Å². The predicted octanol–water partition coefficient (Wildman–Crippen LogP) is 0.535. The first kappa shape index (κ1) is 16.3. The van der Waals surface area contributed by atoms with Gasteiger partial charge >= 0.3 is 12.0 Å². The molecule has 20 heavy (non-hydrogen) atoms. The highest BCUT2D eigenvalue weighted by molar-refractivity contribution is 5.87. The fourth-order valence-corrected chi connectivity index (χ4v) is 2.07. The summed E-state index contributed by atoms with van der Waals surface area (Å²) in [5, 5.41) is 12.0. The first-order valence-corrected chi connectivity index (χ1v) is 6.62. The number of nitrogens with zero attached hydrogens (tertiary/aromatic N) is 1. The quantitative estimate of drug-likeness (QED) is 0.699. The number of hydrogen-bond acceptors (Lipinski definition) is 3. The number of likely N-dealkylation sites (tertiary alicyclic amines) is 1. The average molecular weight is 285 g/mol. The summed E-state index contributed by atoms with van der Waals surface area (Å²) in [6, 6.07) is -1.07. The van der Waals surface area contributed by atoms with Crippen LogP contribution in [0.5, 0.6) is 0 Å². The fourth-order valence-electron chi connectivity index (χ4n) is 2.07. The molecule has 1 atom stereocenters. The van der Waals surface area contributed by atoms with E-state index in [1.807, 2.05) is 0 Å². The van der Waals surface area contributed by atoms with Crippen molar-refractivity contribution in [2.24, 2.45) is 11.1 Å². The van der Waals surface area contributed by atoms with Crippen LogP contribution in [-0.4, -0.2) is 46.0 Å². The van der Waals surface area contributed by atoms with Crippen molar-refractivity contribution < 1.29 is 19.5 Å². The summed E-state index contributed by atoms with van der Waals surface area (Å²) < 4.78 is 0. The summed E-state index contributed by atoms with van der Waals surface area (Å²) in [6.45, 7) is 6.84. The highest BCUT2D eigenvalue weighted by Gasteiger charge is 2.46. The normalized spacial score (nSPS) is 19.8. The molecule has 1 unspecified atom stereocenters. The molecule has 3 amide bonds. The first-order chi connectivity index (χ1) is 9.00. The number of rotatable bonds is 4. The molecule has 1 fully saturated rings. The van der Waals surface area contributed by atoms with E-state index in [0.717, 1.165) is 0 Å². The number of carboxylic acid groups (broad SMARTS) is 1. The minimum atomic E-state index is -1.15. The SMILES string of the molecule is CC(C)(NC(=O)N1CCCC1C(N)=O)C(C)(C)C(=O)O. The van der Waals surface area contributed by atoms with Gasteiger partial charge in [-0.3, -0.25) is 9.59 Å². The lowest BCUT2D eigenvalue weighted by molar-refractivity contribution is -0.150. The molecule has 0 radical (unpaired) electrons. The zero-order chi connectivity index (χ0) is 15.7. The summed E-state index contributed by atoms with van der Waals surface area (Å²) in [5.74, 6) is -1.54. The molecule has 0 aromatic rings. The largest absolute Gasteiger partial charge is 0.481 e. The van der Waals surface area contributed by atoms with Crippen molar-refractivity contribution in [3.05, 3.63) is 0 Å². The van der Waals surface area contributed by atoms with Gasteiger partial charge in [-0.25, -0.2) is 4.79 Å². The second-order valence-electron chi connectivity index (χ2n) is 6.24. The Labute approximate surface area is 118 Å². The monoisotopic (exact) mass is 285 g/mol. The topological polar surface area (TPSA) is 113 Å². The van der Waals surface area contributed by atoms with Crippen LogP contribution in [0.1, 0.15) is 40.5 Å². The van der Waals surface area contributed by atoms with Gasteiger partial charge in [0, 0.05) is 6.54 Å². The van der Waals surface area contributed by atoms with E-state index < -0.39 is 34.9 Å². The first-order valence-electron chi connectivity index (χ1n) is 6.62. The number of aliphatic carboxylic acids is 1. The van der Waals surface area contributed by atoms with Crippen LogP contribution in [0.25, 0.3) is 0 Å². The van der Waals surface area contributed by atoms with Gasteiger partial charge in [0.05, 0.1) is 11.0 Å². The van der Waals surface area contributed by atoms with Gasteiger partial charge in [-0.1, -0.05) is 0 Å². The summed E-state index contributed by atoms with van der Waals surface area (Å²) in [4.78, 5) is 36.2. The molecule has 1 rings (SSSR count). The number of urea groups is 1. The maximum absolute atomic E-state index is 12.3. The van der Waals surface area contributed by atoms with Crippen LogP contribution >= 0.6 is 0 Å². The second kappa shape index (κ2) is 5.30. The van der Waals surface area contributed by atoms with Crippen molar-refractivity contribution in [2.45, 2.75) is 52.1 Å². The molecular weight excluding hydrogens is 262 g/mol. The molecule has 114 valence electrons. The van der Waals surface area contributed by atoms with Crippen molar-refractivity contribution >= 4 is 17.9 Å². The van der Waals surface area contributed by atoms with Crippen LogP contribution in [0.2, 0.25) is 0 Å². The summed E-state index contributed by atoms with van der Waals surface area (Å²) in [7, 11) is 0. The van der Waals surface area contributed by atoms with Crippen LogP contribution in [-0.2, 0) is 9.59 Å². The number of nitrogens with two attached hydrogens (primary N) is 1. The molecule has 0 aromatic heterocycles. The van der Waals surface area contributed by atoms with Gasteiger partial charge in [0.25, 0.3) is 0 Å². The fraction of sp³-hybridized carbons (Fsp3) is 0.769. The molecule has 1 aliphatic heterocycles. The summed E-state index contributed by atoms with van der Waals surface area (Å²) >= 11 is 0. The highest BCUT2D eigenvalue weighted by Crippen LogP contribution is 2.31. The third kappa shape index (κ3) is 2.86. The molecule has 0 aliphatic carbocycles. The number of hydrogen-bond donors (Lipinski definition) is 3. The molecule has 1 aliphatic rings. The Hall–Kier alpha value is -1.79. The smallest absolute Gasteiger partial charge is 0.318 e. The van der Waals surface area contributed by atoms with E-state index in [0.29, 0.717) is 19.4 Å². The molecule has 0 spiro atoms. The van der Waals surface area contributed by atoms with Crippen molar-refractivity contribution in [2.75, 3.05) is 6.54 Å². The third-order valence-electron chi connectivity index (χ3n) is 4.36. The van der Waals surface area contributed by atoms with E-state index in [2.05, 4.69) is 5.32 Å². The molecule has 1 heterocycles. The van der Waals surface area contributed by atoms with Gasteiger partial charge in [-0.2, -0.15) is 0 Å². The maximum Gasteiger partial charge on any atom is 0.318 e. The number of carbonyl (C=O) groups is 3. The molecule has 4 N–H and O–H groups in total. The molecule has 0 aromatic carbocycles. The van der Waals surface area contributed by atoms with Crippen molar-refractivity contribution in [3.8, 4) is 0 Å². The number of carbonyl (C=O) groups excluding carboxylic acids is 2. The van der Waals surface area contributed by atoms with E-state index in [4.69, 9.17) is 5.73 Å². The lowest BCUT2D eigenvalue weighted by atomic mass is 9.74. The van der Waals surface area contributed by atoms with Crippen molar-refractivity contribution in [3.63, 3.8) is 0 Å². The third-order valence-corrected chi connectivity index (χ3v) is 4.36. The Morgan fingerprint density at radius 2 is 1.80 bits per heavy atom. The Bertz CT molecular complexity index is 431. The van der Waals surface area contributed by atoms with Gasteiger partial charge in [0.2, 0.25) is 5.91 Å². The molecule has 1 saturated heterocycles. The van der Waals surface area contributed by atoms with E-state index >= 15 is 0 Å². The van der Waals surface area contributed by atoms with E-state index in [1.165, 1.54) is 4.90 Å².